The average molecular weight is 226 g/mol. The molecule has 0 aliphatic rings. The molecule has 2 nitrogen and oxygen atoms in total. The van der Waals surface area contributed by atoms with E-state index in [2.05, 4.69) is 5.10 Å². The second kappa shape index (κ2) is 4.60. The van der Waals surface area contributed by atoms with E-state index in [0.29, 0.717) is 5.39 Å². The van der Waals surface area contributed by atoms with Gasteiger partial charge in [-0.3, -0.25) is 4.68 Å². The molecule has 0 amide bonds. The maximum Gasteiger partial charge on any atom is 0.289 e. The fourth-order valence-electron chi connectivity index (χ4n) is 1.54. The SMILES string of the molecule is CC.Cn1nc(C(C)(F)F)c2ccccc21. The van der Waals surface area contributed by atoms with Gasteiger partial charge >= 0.3 is 0 Å². The molecule has 88 valence electrons. The Balaban J connectivity index is 0.000000606. The molecule has 1 aromatic carbocycles. The number of benzene rings is 1. The Labute approximate surface area is 93.9 Å². The Morgan fingerprint density at radius 1 is 1.19 bits per heavy atom. The lowest BCUT2D eigenvalue weighted by molar-refractivity contribution is 0.0137. The first-order valence-corrected chi connectivity index (χ1v) is 5.30. The van der Waals surface area contributed by atoms with Crippen LogP contribution >= 0.6 is 0 Å². The van der Waals surface area contributed by atoms with E-state index in [0.717, 1.165) is 12.4 Å². The van der Waals surface area contributed by atoms with Crippen LogP contribution < -0.4 is 0 Å². The molecular formula is C12H16F2N2. The molecule has 0 spiro atoms. The summed E-state index contributed by atoms with van der Waals surface area (Å²) in [5, 5.41) is 4.34. The van der Waals surface area contributed by atoms with Crippen molar-refractivity contribution in [3.63, 3.8) is 0 Å². The zero-order valence-corrected chi connectivity index (χ0v) is 9.96. The first kappa shape index (κ1) is 12.6. The van der Waals surface area contributed by atoms with Gasteiger partial charge in [0.05, 0.1) is 5.52 Å². The minimum atomic E-state index is -2.89. The summed E-state index contributed by atoms with van der Waals surface area (Å²) in [7, 11) is 1.66. The molecule has 16 heavy (non-hydrogen) atoms. The average Bonchev–Trinajstić information content (AvgIpc) is 2.60. The molecule has 0 aliphatic carbocycles. The van der Waals surface area contributed by atoms with E-state index in [1.807, 2.05) is 19.9 Å². The third kappa shape index (κ3) is 2.21. The molecule has 1 heterocycles. The third-order valence-electron chi connectivity index (χ3n) is 2.17. The summed E-state index contributed by atoms with van der Waals surface area (Å²) in [6, 6.07) is 6.98. The zero-order chi connectivity index (χ0) is 12.3. The highest BCUT2D eigenvalue weighted by Crippen LogP contribution is 2.31. The van der Waals surface area contributed by atoms with Crippen LogP contribution in [0.2, 0.25) is 0 Å². The van der Waals surface area contributed by atoms with E-state index in [9.17, 15) is 8.78 Å². The van der Waals surface area contributed by atoms with Crippen LogP contribution in [-0.4, -0.2) is 9.78 Å². The van der Waals surface area contributed by atoms with Crippen molar-refractivity contribution in [2.75, 3.05) is 0 Å². The molecule has 0 saturated heterocycles. The molecule has 0 unspecified atom stereocenters. The zero-order valence-electron chi connectivity index (χ0n) is 9.96. The van der Waals surface area contributed by atoms with Gasteiger partial charge in [0.2, 0.25) is 0 Å². The minimum Gasteiger partial charge on any atom is -0.267 e. The first-order valence-electron chi connectivity index (χ1n) is 5.30. The predicted octanol–water partition coefficient (Wildman–Crippen LogP) is 3.71. The fourth-order valence-corrected chi connectivity index (χ4v) is 1.54. The molecule has 4 heteroatoms. The van der Waals surface area contributed by atoms with Crippen LogP contribution in [0.4, 0.5) is 8.78 Å². The highest BCUT2D eigenvalue weighted by molar-refractivity contribution is 5.82. The van der Waals surface area contributed by atoms with Crippen molar-refractivity contribution in [3.05, 3.63) is 30.0 Å². The van der Waals surface area contributed by atoms with E-state index in [4.69, 9.17) is 0 Å². The summed E-state index contributed by atoms with van der Waals surface area (Å²) in [5.41, 5.74) is 0.569. The smallest absolute Gasteiger partial charge is 0.267 e. The number of hydrogen-bond acceptors (Lipinski definition) is 1. The van der Waals surface area contributed by atoms with Crippen LogP contribution in [-0.2, 0) is 13.0 Å². The quantitative estimate of drug-likeness (QED) is 0.724. The molecular weight excluding hydrogens is 210 g/mol. The second-order valence-electron chi connectivity index (χ2n) is 3.38. The molecule has 2 aromatic rings. The second-order valence-corrected chi connectivity index (χ2v) is 3.38. The van der Waals surface area contributed by atoms with Crippen molar-refractivity contribution < 1.29 is 8.78 Å². The van der Waals surface area contributed by atoms with E-state index < -0.39 is 5.92 Å². The number of nitrogens with zero attached hydrogens (tertiary/aromatic N) is 2. The molecule has 0 fully saturated rings. The van der Waals surface area contributed by atoms with Gasteiger partial charge in [0, 0.05) is 19.4 Å². The lowest BCUT2D eigenvalue weighted by atomic mass is 10.1. The molecule has 0 N–H and O–H groups in total. The van der Waals surface area contributed by atoms with Gasteiger partial charge in [-0.25, -0.2) is 0 Å². The lowest BCUT2D eigenvalue weighted by Crippen LogP contribution is -2.08. The molecule has 2 rings (SSSR count). The largest absolute Gasteiger partial charge is 0.289 e. The summed E-state index contributed by atoms with van der Waals surface area (Å²) in [5.74, 6) is -2.89. The van der Waals surface area contributed by atoms with Gasteiger partial charge in [0.25, 0.3) is 5.92 Å². The van der Waals surface area contributed by atoms with Crippen LogP contribution in [0, 0.1) is 0 Å². The Hall–Kier alpha value is -1.45. The molecule has 0 bridgehead atoms. The number of hydrogen-bond donors (Lipinski definition) is 0. The number of fused-ring (bicyclic) bond motifs is 1. The van der Waals surface area contributed by atoms with Crippen LogP contribution in [0.1, 0.15) is 26.5 Å². The van der Waals surface area contributed by atoms with Crippen molar-refractivity contribution in [1.82, 2.24) is 9.78 Å². The van der Waals surface area contributed by atoms with E-state index in [-0.39, 0.29) is 5.69 Å². The topological polar surface area (TPSA) is 17.8 Å². The highest BCUT2D eigenvalue weighted by atomic mass is 19.3. The summed E-state index contributed by atoms with van der Waals surface area (Å²) in [4.78, 5) is 0. The summed E-state index contributed by atoms with van der Waals surface area (Å²) >= 11 is 0. The van der Waals surface area contributed by atoms with Gasteiger partial charge in [-0.15, -0.1) is 0 Å². The molecule has 0 aliphatic heterocycles. The van der Waals surface area contributed by atoms with Gasteiger partial charge in [-0.05, 0) is 6.07 Å². The number of para-hydroxylation sites is 1. The minimum absolute atomic E-state index is 0.157. The predicted molar refractivity (Wildman–Crippen MR) is 61.6 cm³/mol. The Bertz CT molecular complexity index is 469. The van der Waals surface area contributed by atoms with E-state index in [1.165, 1.54) is 4.68 Å². The fraction of sp³-hybridized carbons (Fsp3) is 0.417. The van der Waals surface area contributed by atoms with Crippen molar-refractivity contribution >= 4 is 10.9 Å². The van der Waals surface area contributed by atoms with Gasteiger partial charge in [-0.1, -0.05) is 32.0 Å². The highest BCUT2D eigenvalue weighted by Gasteiger charge is 2.30. The van der Waals surface area contributed by atoms with Crippen LogP contribution in [0.25, 0.3) is 10.9 Å². The molecule has 0 saturated carbocycles. The van der Waals surface area contributed by atoms with Crippen LogP contribution in [0.3, 0.4) is 0 Å². The monoisotopic (exact) mass is 226 g/mol. The number of rotatable bonds is 1. The first-order chi connectivity index (χ1) is 7.50. The van der Waals surface area contributed by atoms with E-state index >= 15 is 0 Å². The number of aryl methyl sites for hydroxylation is 1. The lowest BCUT2D eigenvalue weighted by Gasteiger charge is -2.05. The van der Waals surface area contributed by atoms with Crippen LogP contribution in [0.5, 0.6) is 0 Å². The van der Waals surface area contributed by atoms with Crippen molar-refractivity contribution in [2.45, 2.75) is 26.7 Å². The standard InChI is InChI=1S/C10H10F2N2.C2H6/c1-10(11,12)9-7-5-3-4-6-8(7)14(2)13-9;1-2/h3-6H,1-2H3;1-2H3. The molecule has 1 aromatic heterocycles. The van der Waals surface area contributed by atoms with Crippen molar-refractivity contribution in [2.24, 2.45) is 7.05 Å². The summed E-state index contributed by atoms with van der Waals surface area (Å²) in [6.45, 7) is 4.86. The van der Waals surface area contributed by atoms with Crippen molar-refractivity contribution in [1.29, 1.82) is 0 Å². The maximum atomic E-state index is 13.1. The van der Waals surface area contributed by atoms with Gasteiger partial charge in [0.15, 0.2) is 0 Å². The Morgan fingerprint density at radius 2 is 1.75 bits per heavy atom. The van der Waals surface area contributed by atoms with Gasteiger partial charge in [0.1, 0.15) is 5.69 Å². The number of halogens is 2. The van der Waals surface area contributed by atoms with Gasteiger partial charge in [-0.2, -0.15) is 13.9 Å². The maximum absolute atomic E-state index is 13.1. The van der Waals surface area contributed by atoms with Crippen molar-refractivity contribution in [3.8, 4) is 0 Å². The number of alkyl halides is 2. The Morgan fingerprint density at radius 3 is 2.31 bits per heavy atom. The summed E-state index contributed by atoms with van der Waals surface area (Å²) < 4.78 is 27.7. The molecule has 0 radical (unpaired) electrons. The van der Waals surface area contributed by atoms with E-state index in [1.54, 1.807) is 25.2 Å². The van der Waals surface area contributed by atoms with Gasteiger partial charge < -0.3 is 0 Å². The van der Waals surface area contributed by atoms with Crippen LogP contribution in [0.15, 0.2) is 24.3 Å². The third-order valence-corrected chi connectivity index (χ3v) is 2.17. The number of aromatic nitrogens is 2. The molecule has 0 atom stereocenters. The normalized spacial score (nSPS) is 11.1. The Kier molecular flexibility index (Phi) is 3.62. The summed E-state index contributed by atoms with van der Waals surface area (Å²) in [6.07, 6.45) is 0.